The van der Waals surface area contributed by atoms with Crippen LogP contribution in [0.3, 0.4) is 0 Å². The Hall–Kier alpha value is -3.88. The summed E-state index contributed by atoms with van der Waals surface area (Å²) in [6, 6.07) is 18.8. The summed E-state index contributed by atoms with van der Waals surface area (Å²) in [5.41, 5.74) is 1.51. The van der Waals surface area contributed by atoms with Crippen LogP contribution in [0.1, 0.15) is 90.5 Å². The van der Waals surface area contributed by atoms with Crippen molar-refractivity contribution >= 4 is 11.9 Å². The second kappa shape index (κ2) is 17.0. The second-order valence-corrected chi connectivity index (χ2v) is 11.8. The summed E-state index contributed by atoms with van der Waals surface area (Å²) in [7, 11) is 0. The zero-order valence-corrected chi connectivity index (χ0v) is 26.2. The molecule has 0 amide bonds. The molecule has 2 saturated heterocycles. The first-order valence-corrected chi connectivity index (χ1v) is 16.3. The number of aryl methyl sites for hydroxylation is 1. The van der Waals surface area contributed by atoms with Gasteiger partial charge in [-0.1, -0.05) is 38.5 Å². The van der Waals surface area contributed by atoms with Gasteiger partial charge in [-0.05, 0) is 105 Å². The predicted molar refractivity (Wildman–Crippen MR) is 171 cm³/mol. The Balaban J connectivity index is 0.994. The zero-order chi connectivity index (χ0) is 31.3. The van der Waals surface area contributed by atoms with E-state index in [1.165, 1.54) is 38.5 Å². The lowest BCUT2D eigenvalue weighted by atomic mass is 10.1. The minimum atomic E-state index is -0.476. The molecule has 2 unspecified atom stereocenters. The van der Waals surface area contributed by atoms with Gasteiger partial charge in [-0.15, -0.1) is 0 Å². The Morgan fingerprint density at radius 1 is 0.600 bits per heavy atom. The lowest BCUT2D eigenvalue weighted by Gasteiger charge is -2.11. The van der Waals surface area contributed by atoms with Crippen LogP contribution in [0.25, 0.3) is 0 Å². The van der Waals surface area contributed by atoms with Gasteiger partial charge in [0.25, 0.3) is 0 Å². The van der Waals surface area contributed by atoms with Crippen LogP contribution < -0.4 is 18.9 Å². The summed E-state index contributed by atoms with van der Waals surface area (Å²) < 4.78 is 33.3. The van der Waals surface area contributed by atoms with Crippen LogP contribution >= 0.6 is 0 Å². The van der Waals surface area contributed by atoms with Crippen LogP contribution in [-0.4, -0.2) is 50.6 Å². The highest BCUT2D eigenvalue weighted by Crippen LogP contribution is 2.26. The second-order valence-electron chi connectivity index (χ2n) is 11.8. The predicted octanol–water partition coefficient (Wildman–Crippen LogP) is 7.89. The number of benzene rings is 3. The summed E-state index contributed by atoms with van der Waals surface area (Å²) in [5.74, 6) is 1.26. The van der Waals surface area contributed by atoms with Gasteiger partial charge >= 0.3 is 11.9 Å². The van der Waals surface area contributed by atoms with E-state index in [1.807, 2.05) is 0 Å². The zero-order valence-electron chi connectivity index (χ0n) is 26.2. The molecule has 0 radical (unpaired) electrons. The standard InChI is InChI=1S/C37H44O8/c1-27-24-32(44-36(38)28-12-16-30(17-13-28)40-22-8-4-2-6-10-33-25-42-33)20-21-35(27)45-37(39)29-14-18-31(19-15-29)41-23-9-5-3-7-11-34-26-43-34/h12-21,24,33-34H,2-11,22-23,25-26H2,1H3. The number of unbranched alkanes of at least 4 members (excludes halogenated alkanes) is 6. The Morgan fingerprint density at radius 2 is 1.04 bits per heavy atom. The van der Waals surface area contributed by atoms with Crippen LogP contribution in [0, 0.1) is 6.92 Å². The molecule has 2 aliphatic heterocycles. The SMILES string of the molecule is Cc1cc(OC(=O)c2ccc(OCCCCCCC3CO3)cc2)ccc1OC(=O)c1ccc(OCCCCCCC2CO2)cc1. The van der Waals surface area contributed by atoms with Crippen molar-refractivity contribution in [2.75, 3.05) is 26.4 Å². The van der Waals surface area contributed by atoms with Gasteiger partial charge in [0.2, 0.25) is 0 Å². The number of rotatable bonds is 20. The fourth-order valence-corrected chi connectivity index (χ4v) is 5.00. The number of carbonyl (C=O) groups is 2. The molecule has 0 bridgehead atoms. The van der Waals surface area contributed by atoms with Gasteiger partial charge in [0.15, 0.2) is 0 Å². The third-order valence-electron chi connectivity index (χ3n) is 7.92. The van der Waals surface area contributed by atoms with Crippen LogP contribution in [0.4, 0.5) is 0 Å². The van der Waals surface area contributed by atoms with Crippen molar-refractivity contribution in [3.05, 3.63) is 83.4 Å². The first-order chi connectivity index (χ1) is 22.0. The van der Waals surface area contributed by atoms with Crippen molar-refractivity contribution in [1.82, 2.24) is 0 Å². The van der Waals surface area contributed by atoms with Gasteiger partial charge in [0, 0.05) is 0 Å². The van der Waals surface area contributed by atoms with Crippen molar-refractivity contribution in [2.24, 2.45) is 0 Å². The molecule has 0 N–H and O–H groups in total. The molecule has 5 rings (SSSR count). The van der Waals surface area contributed by atoms with Crippen LogP contribution in [0.15, 0.2) is 66.7 Å². The number of ether oxygens (including phenoxy) is 6. The summed E-state index contributed by atoms with van der Waals surface area (Å²) in [4.78, 5) is 25.4. The maximum Gasteiger partial charge on any atom is 0.343 e. The van der Waals surface area contributed by atoms with E-state index in [0.29, 0.717) is 53.6 Å². The highest BCUT2D eigenvalue weighted by Gasteiger charge is 2.21. The van der Waals surface area contributed by atoms with Gasteiger partial charge in [0.1, 0.15) is 23.0 Å². The first kappa shape index (κ1) is 32.5. The molecule has 240 valence electrons. The molecule has 0 aromatic heterocycles. The first-order valence-electron chi connectivity index (χ1n) is 16.3. The van der Waals surface area contributed by atoms with E-state index in [9.17, 15) is 9.59 Å². The minimum absolute atomic E-state index is 0.365. The molecule has 3 aromatic carbocycles. The highest BCUT2D eigenvalue weighted by molar-refractivity contribution is 5.92. The maximum atomic E-state index is 12.7. The van der Waals surface area contributed by atoms with E-state index in [-0.39, 0.29) is 0 Å². The van der Waals surface area contributed by atoms with Crippen LogP contribution in [-0.2, 0) is 9.47 Å². The molecule has 0 saturated carbocycles. The number of epoxide rings is 2. The molecule has 8 nitrogen and oxygen atoms in total. The lowest BCUT2D eigenvalue weighted by Crippen LogP contribution is -2.10. The number of esters is 2. The molecular formula is C37H44O8. The molecule has 2 aliphatic rings. The highest BCUT2D eigenvalue weighted by atomic mass is 16.6. The van der Waals surface area contributed by atoms with Gasteiger partial charge in [-0.3, -0.25) is 0 Å². The van der Waals surface area contributed by atoms with E-state index in [1.54, 1.807) is 73.7 Å². The average molecular weight is 617 g/mol. The van der Waals surface area contributed by atoms with Gasteiger partial charge < -0.3 is 28.4 Å². The third kappa shape index (κ3) is 11.5. The Labute approximate surface area is 265 Å². The lowest BCUT2D eigenvalue weighted by molar-refractivity contribution is 0.0718. The van der Waals surface area contributed by atoms with Gasteiger partial charge in [-0.2, -0.15) is 0 Å². The van der Waals surface area contributed by atoms with Crippen molar-refractivity contribution < 1.29 is 38.0 Å². The van der Waals surface area contributed by atoms with Crippen molar-refractivity contribution in [3.63, 3.8) is 0 Å². The summed E-state index contributed by atoms with van der Waals surface area (Å²) in [6.07, 6.45) is 12.4. The molecule has 2 fully saturated rings. The molecule has 45 heavy (non-hydrogen) atoms. The average Bonchev–Trinajstić information content (AvgIpc) is 3.99. The number of carbonyl (C=O) groups excluding carboxylic acids is 2. The van der Waals surface area contributed by atoms with E-state index < -0.39 is 11.9 Å². The smallest absolute Gasteiger partial charge is 0.343 e. The Morgan fingerprint density at radius 3 is 1.51 bits per heavy atom. The minimum Gasteiger partial charge on any atom is -0.494 e. The fraction of sp³-hybridized carbons (Fsp3) is 0.459. The van der Waals surface area contributed by atoms with E-state index in [4.69, 9.17) is 28.4 Å². The Bertz CT molecular complexity index is 1360. The van der Waals surface area contributed by atoms with Crippen molar-refractivity contribution in [3.8, 4) is 23.0 Å². The Kier molecular flexibility index (Phi) is 12.3. The molecule has 2 heterocycles. The van der Waals surface area contributed by atoms with Gasteiger partial charge in [0.05, 0.1) is 49.8 Å². The normalized spacial score (nSPS) is 16.6. The van der Waals surface area contributed by atoms with E-state index >= 15 is 0 Å². The third-order valence-corrected chi connectivity index (χ3v) is 7.92. The monoisotopic (exact) mass is 616 g/mol. The topological polar surface area (TPSA) is 96.1 Å². The number of hydrogen-bond acceptors (Lipinski definition) is 8. The summed E-state index contributed by atoms with van der Waals surface area (Å²) in [5, 5.41) is 0. The van der Waals surface area contributed by atoms with Crippen LogP contribution in [0.5, 0.6) is 23.0 Å². The molecule has 8 heteroatoms. The number of hydrogen-bond donors (Lipinski definition) is 0. The molecule has 0 aliphatic carbocycles. The maximum absolute atomic E-state index is 12.7. The van der Waals surface area contributed by atoms with E-state index in [2.05, 4.69) is 0 Å². The molecule has 0 spiro atoms. The fourth-order valence-electron chi connectivity index (χ4n) is 5.00. The van der Waals surface area contributed by atoms with Crippen molar-refractivity contribution in [2.45, 2.75) is 83.3 Å². The summed E-state index contributed by atoms with van der Waals surface area (Å²) >= 11 is 0. The van der Waals surface area contributed by atoms with Crippen molar-refractivity contribution in [1.29, 1.82) is 0 Å². The van der Waals surface area contributed by atoms with E-state index in [0.717, 1.165) is 50.4 Å². The largest absolute Gasteiger partial charge is 0.494 e. The molecular weight excluding hydrogens is 572 g/mol. The molecule has 3 aromatic rings. The van der Waals surface area contributed by atoms with Crippen LogP contribution in [0.2, 0.25) is 0 Å². The van der Waals surface area contributed by atoms with Gasteiger partial charge in [-0.25, -0.2) is 9.59 Å². The summed E-state index contributed by atoms with van der Waals surface area (Å²) in [6.45, 7) is 4.96. The molecule has 2 atom stereocenters. The quantitative estimate of drug-likeness (QED) is 0.0547.